The highest BCUT2D eigenvalue weighted by Crippen LogP contribution is 2.10. The standard InChI is InChI=1S/C18H23N5.HI/c1-2-19-18(22-16-8-6-7-9-16)20-12-15-13-21-23(14-15)17-10-4-3-5-11-17;/h3-7,10-11,13-14,16H,2,8-9,12H2,1H3,(H2,19,20,22);1H. The molecule has 0 saturated carbocycles. The van der Waals surface area contributed by atoms with Gasteiger partial charge >= 0.3 is 0 Å². The maximum absolute atomic E-state index is 4.67. The zero-order chi connectivity index (χ0) is 15.9. The van der Waals surface area contributed by atoms with Gasteiger partial charge in [-0.1, -0.05) is 30.4 Å². The third-order valence-electron chi connectivity index (χ3n) is 3.77. The number of halogens is 1. The molecule has 0 spiro atoms. The van der Waals surface area contributed by atoms with Crippen molar-refractivity contribution in [2.24, 2.45) is 4.99 Å². The van der Waals surface area contributed by atoms with Crippen LogP contribution in [0.15, 0.2) is 59.9 Å². The molecule has 3 rings (SSSR count). The molecule has 0 aliphatic heterocycles. The molecule has 24 heavy (non-hydrogen) atoms. The second-order valence-corrected chi connectivity index (χ2v) is 5.61. The Labute approximate surface area is 160 Å². The van der Waals surface area contributed by atoms with Crippen LogP contribution in [-0.4, -0.2) is 28.3 Å². The zero-order valence-corrected chi connectivity index (χ0v) is 16.2. The molecule has 0 radical (unpaired) electrons. The molecule has 1 heterocycles. The van der Waals surface area contributed by atoms with Crippen molar-refractivity contribution < 1.29 is 0 Å². The van der Waals surface area contributed by atoms with Gasteiger partial charge in [0.2, 0.25) is 0 Å². The van der Waals surface area contributed by atoms with Crippen LogP contribution in [0.25, 0.3) is 5.69 Å². The smallest absolute Gasteiger partial charge is 0.191 e. The number of nitrogens with zero attached hydrogens (tertiary/aromatic N) is 3. The first-order valence-electron chi connectivity index (χ1n) is 8.14. The van der Waals surface area contributed by atoms with Crippen LogP contribution >= 0.6 is 24.0 Å². The fourth-order valence-electron chi connectivity index (χ4n) is 2.58. The lowest BCUT2D eigenvalue weighted by Gasteiger charge is -2.16. The third-order valence-corrected chi connectivity index (χ3v) is 3.77. The van der Waals surface area contributed by atoms with Gasteiger partial charge in [0.1, 0.15) is 0 Å². The Morgan fingerprint density at radius 1 is 1.25 bits per heavy atom. The summed E-state index contributed by atoms with van der Waals surface area (Å²) in [6, 6.07) is 10.6. The second kappa shape index (κ2) is 9.46. The second-order valence-electron chi connectivity index (χ2n) is 5.61. The maximum atomic E-state index is 4.67. The number of para-hydroxylation sites is 1. The summed E-state index contributed by atoms with van der Waals surface area (Å²) in [5.41, 5.74) is 2.15. The summed E-state index contributed by atoms with van der Waals surface area (Å²) in [6.07, 6.45) is 10.5. The van der Waals surface area contributed by atoms with Gasteiger partial charge in [0, 0.05) is 24.3 Å². The summed E-state index contributed by atoms with van der Waals surface area (Å²) in [5.74, 6) is 0.869. The average Bonchev–Trinajstić information content (AvgIpc) is 3.25. The molecule has 5 nitrogen and oxygen atoms in total. The van der Waals surface area contributed by atoms with Gasteiger partial charge in [0.15, 0.2) is 5.96 Å². The van der Waals surface area contributed by atoms with Gasteiger partial charge in [-0.3, -0.25) is 0 Å². The third kappa shape index (κ3) is 5.09. The predicted molar refractivity (Wildman–Crippen MR) is 109 cm³/mol. The molecule has 1 aliphatic carbocycles. The summed E-state index contributed by atoms with van der Waals surface area (Å²) >= 11 is 0. The molecule has 0 fully saturated rings. The highest BCUT2D eigenvalue weighted by atomic mass is 127. The summed E-state index contributed by atoms with van der Waals surface area (Å²) < 4.78 is 1.88. The van der Waals surface area contributed by atoms with E-state index in [2.05, 4.69) is 39.8 Å². The van der Waals surface area contributed by atoms with Gasteiger partial charge in [-0.2, -0.15) is 5.10 Å². The highest BCUT2D eigenvalue weighted by Gasteiger charge is 2.11. The van der Waals surface area contributed by atoms with Crippen molar-refractivity contribution in [3.8, 4) is 5.69 Å². The van der Waals surface area contributed by atoms with Crippen molar-refractivity contribution in [3.63, 3.8) is 0 Å². The molecule has 0 atom stereocenters. The molecule has 0 saturated heterocycles. The van der Waals surface area contributed by atoms with E-state index in [0.717, 1.165) is 36.6 Å². The number of aromatic nitrogens is 2. The Morgan fingerprint density at radius 2 is 2.00 bits per heavy atom. The number of aliphatic imine (C=N–C) groups is 1. The van der Waals surface area contributed by atoms with Gasteiger partial charge in [0.25, 0.3) is 0 Å². The van der Waals surface area contributed by atoms with Crippen LogP contribution in [0.4, 0.5) is 0 Å². The molecular formula is C18H24IN5. The predicted octanol–water partition coefficient (Wildman–Crippen LogP) is 3.26. The average molecular weight is 437 g/mol. The Balaban J connectivity index is 0.00000208. The van der Waals surface area contributed by atoms with Gasteiger partial charge in [-0.15, -0.1) is 24.0 Å². The summed E-state index contributed by atoms with van der Waals surface area (Å²) in [6.45, 7) is 3.55. The Kier molecular flexibility index (Phi) is 7.30. The first-order valence-corrected chi connectivity index (χ1v) is 8.14. The van der Waals surface area contributed by atoms with Crippen molar-refractivity contribution in [1.29, 1.82) is 0 Å². The minimum absolute atomic E-state index is 0. The van der Waals surface area contributed by atoms with Gasteiger partial charge in [-0.25, -0.2) is 9.67 Å². The Hall–Kier alpha value is -1.83. The van der Waals surface area contributed by atoms with Gasteiger partial charge < -0.3 is 10.6 Å². The maximum Gasteiger partial charge on any atom is 0.191 e. The van der Waals surface area contributed by atoms with Crippen LogP contribution in [0.5, 0.6) is 0 Å². The molecule has 6 heteroatoms. The first kappa shape index (κ1) is 18.5. The van der Waals surface area contributed by atoms with E-state index in [4.69, 9.17) is 0 Å². The van der Waals surface area contributed by atoms with Gasteiger partial charge in [0.05, 0.1) is 18.4 Å². The van der Waals surface area contributed by atoms with Crippen LogP contribution in [-0.2, 0) is 6.54 Å². The number of benzene rings is 1. The summed E-state index contributed by atoms with van der Waals surface area (Å²) in [7, 11) is 0. The van der Waals surface area contributed by atoms with E-state index in [9.17, 15) is 0 Å². The molecular weight excluding hydrogens is 413 g/mol. The fourth-order valence-corrected chi connectivity index (χ4v) is 2.58. The molecule has 128 valence electrons. The fraction of sp³-hybridized carbons (Fsp3) is 0.333. The Morgan fingerprint density at radius 3 is 2.71 bits per heavy atom. The largest absolute Gasteiger partial charge is 0.357 e. The topological polar surface area (TPSA) is 54.2 Å². The molecule has 1 aromatic carbocycles. The van der Waals surface area contributed by atoms with E-state index in [1.165, 1.54) is 0 Å². The molecule has 1 aromatic heterocycles. The molecule has 0 unspecified atom stereocenters. The van der Waals surface area contributed by atoms with E-state index in [-0.39, 0.29) is 24.0 Å². The quantitative estimate of drug-likeness (QED) is 0.327. The minimum atomic E-state index is 0. The summed E-state index contributed by atoms with van der Waals surface area (Å²) in [4.78, 5) is 4.67. The number of nitrogens with one attached hydrogen (secondary N) is 2. The first-order chi connectivity index (χ1) is 11.3. The van der Waals surface area contributed by atoms with Crippen LogP contribution in [0.2, 0.25) is 0 Å². The van der Waals surface area contributed by atoms with E-state index in [0.29, 0.717) is 12.6 Å². The molecule has 2 N–H and O–H groups in total. The van der Waals surface area contributed by atoms with Crippen molar-refractivity contribution >= 4 is 29.9 Å². The Bertz CT molecular complexity index is 670. The lowest BCUT2D eigenvalue weighted by Crippen LogP contribution is -2.42. The van der Waals surface area contributed by atoms with Crippen molar-refractivity contribution in [1.82, 2.24) is 20.4 Å². The van der Waals surface area contributed by atoms with E-state index < -0.39 is 0 Å². The zero-order valence-electron chi connectivity index (χ0n) is 13.9. The highest BCUT2D eigenvalue weighted by molar-refractivity contribution is 14.0. The van der Waals surface area contributed by atoms with Crippen LogP contribution < -0.4 is 10.6 Å². The minimum Gasteiger partial charge on any atom is -0.357 e. The van der Waals surface area contributed by atoms with Crippen LogP contribution in [0.3, 0.4) is 0 Å². The van der Waals surface area contributed by atoms with Gasteiger partial charge in [-0.05, 0) is 31.9 Å². The number of guanidine groups is 1. The van der Waals surface area contributed by atoms with Crippen LogP contribution in [0, 0.1) is 0 Å². The number of hydrogen-bond acceptors (Lipinski definition) is 2. The summed E-state index contributed by atoms with van der Waals surface area (Å²) in [5, 5.41) is 11.2. The van der Waals surface area contributed by atoms with E-state index >= 15 is 0 Å². The van der Waals surface area contributed by atoms with E-state index in [1.807, 2.05) is 47.4 Å². The SMILES string of the molecule is CCNC(=NCc1cnn(-c2ccccc2)c1)NC1CC=CC1.I. The lowest BCUT2D eigenvalue weighted by molar-refractivity contribution is 0.633. The van der Waals surface area contributed by atoms with Crippen molar-refractivity contribution in [2.45, 2.75) is 32.4 Å². The lowest BCUT2D eigenvalue weighted by atomic mass is 10.2. The molecule has 0 amide bonds. The van der Waals surface area contributed by atoms with Crippen molar-refractivity contribution in [3.05, 3.63) is 60.4 Å². The molecule has 1 aliphatic rings. The molecule has 2 aromatic rings. The monoisotopic (exact) mass is 437 g/mol. The molecule has 0 bridgehead atoms. The normalized spacial score (nSPS) is 14.5. The number of hydrogen-bond donors (Lipinski definition) is 2. The van der Waals surface area contributed by atoms with E-state index in [1.54, 1.807) is 0 Å². The van der Waals surface area contributed by atoms with Crippen LogP contribution in [0.1, 0.15) is 25.3 Å². The number of rotatable bonds is 5. The van der Waals surface area contributed by atoms with Crippen molar-refractivity contribution in [2.75, 3.05) is 6.54 Å².